The first-order chi connectivity index (χ1) is 9.45. The van der Waals surface area contributed by atoms with E-state index in [-0.39, 0.29) is 11.3 Å². The smallest absolute Gasteiger partial charge is 0.339 e. The molecule has 0 aliphatic carbocycles. The van der Waals surface area contributed by atoms with Crippen molar-refractivity contribution in [2.24, 2.45) is 5.92 Å². The summed E-state index contributed by atoms with van der Waals surface area (Å²) in [5.74, 6) is -0.437. The molecule has 6 heteroatoms. The van der Waals surface area contributed by atoms with E-state index >= 15 is 0 Å². The van der Waals surface area contributed by atoms with Crippen LogP contribution in [0.1, 0.15) is 42.7 Å². The lowest BCUT2D eigenvalue weighted by Gasteiger charge is -2.10. The summed E-state index contributed by atoms with van der Waals surface area (Å²) in [6, 6.07) is 0. The molecule has 2 aromatic rings. The van der Waals surface area contributed by atoms with Gasteiger partial charge in [-0.05, 0) is 19.3 Å². The second kappa shape index (κ2) is 5.48. The number of carbonyl (C=O) groups is 1. The highest BCUT2D eigenvalue weighted by Gasteiger charge is 2.18. The van der Waals surface area contributed by atoms with E-state index in [1.807, 2.05) is 0 Å². The Balaban J connectivity index is 2.44. The number of nitrogens with zero attached hydrogens (tertiary/aromatic N) is 3. The number of aromatic nitrogens is 3. The minimum atomic E-state index is -1.05. The molecule has 6 nitrogen and oxygen atoms in total. The Hall–Kier alpha value is -2.11. The van der Waals surface area contributed by atoms with Gasteiger partial charge in [-0.1, -0.05) is 20.3 Å². The van der Waals surface area contributed by atoms with Crippen LogP contribution in [0.2, 0.25) is 0 Å². The Labute approximate surface area is 117 Å². The van der Waals surface area contributed by atoms with Gasteiger partial charge in [0.1, 0.15) is 5.56 Å². The molecule has 0 saturated heterocycles. The number of fused-ring (bicyclic) bond motifs is 1. The standard InChI is InChI=1S/C14H20N4O2/c1-4-8(2)5-6-18-13-10(7-16-18)12(15)11(14(19)20)9(3)17-13/h7-8H,4-6H2,1-3H3,(H2,15,17)(H,19,20). The predicted molar refractivity (Wildman–Crippen MR) is 77.7 cm³/mol. The molecule has 0 fully saturated rings. The molecule has 108 valence electrons. The maximum Gasteiger partial charge on any atom is 0.339 e. The maximum absolute atomic E-state index is 11.2. The van der Waals surface area contributed by atoms with Crippen LogP contribution in [0.4, 0.5) is 5.69 Å². The fraction of sp³-hybridized carbons (Fsp3) is 0.500. The van der Waals surface area contributed by atoms with E-state index in [2.05, 4.69) is 23.9 Å². The number of anilines is 1. The van der Waals surface area contributed by atoms with Gasteiger partial charge in [-0.25, -0.2) is 14.5 Å². The molecule has 0 aliphatic heterocycles. The molecule has 2 rings (SSSR count). The fourth-order valence-electron chi connectivity index (χ4n) is 2.21. The molecule has 2 heterocycles. The van der Waals surface area contributed by atoms with Gasteiger partial charge in [-0.3, -0.25) is 0 Å². The van der Waals surface area contributed by atoms with Crippen LogP contribution in [0.3, 0.4) is 0 Å². The van der Waals surface area contributed by atoms with E-state index in [0.29, 0.717) is 22.6 Å². The molecule has 3 N–H and O–H groups in total. The van der Waals surface area contributed by atoms with Gasteiger partial charge in [-0.15, -0.1) is 0 Å². The molecule has 0 spiro atoms. The largest absolute Gasteiger partial charge is 0.478 e. The lowest BCUT2D eigenvalue weighted by atomic mass is 10.1. The molecular weight excluding hydrogens is 256 g/mol. The Morgan fingerprint density at radius 3 is 2.85 bits per heavy atom. The van der Waals surface area contributed by atoms with Crippen LogP contribution in [0.15, 0.2) is 6.20 Å². The molecule has 0 aliphatic rings. The van der Waals surface area contributed by atoms with Crippen molar-refractivity contribution in [1.29, 1.82) is 0 Å². The SMILES string of the molecule is CCC(C)CCn1ncc2c(N)c(C(=O)O)c(C)nc21. The van der Waals surface area contributed by atoms with Crippen molar-refractivity contribution in [1.82, 2.24) is 14.8 Å². The van der Waals surface area contributed by atoms with E-state index < -0.39 is 5.97 Å². The Kier molecular flexibility index (Phi) is 3.92. The van der Waals surface area contributed by atoms with E-state index in [1.165, 1.54) is 0 Å². The van der Waals surface area contributed by atoms with Crippen molar-refractivity contribution in [2.75, 3.05) is 5.73 Å². The van der Waals surface area contributed by atoms with Crippen LogP contribution in [-0.4, -0.2) is 25.8 Å². The number of pyridine rings is 1. The number of aromatic carboxylic acids is 1. The Morgan fingerprint density at radius 1 is 1.55 bits per heavy atom. The van der Waals surface area contributed by atoms with E-state index in [4.69, 9.17) is 5.73 Å². The second-order valence-corrected chi connectivity index (χ2v) is 5.20. The lowest BCUT2D eigenvalue weighted by Crippen LogP contribution is -2.10. The summed E-state index contributed by atoms with van der Waals surface area (Å²) in [6.07, 6.45) is 3.73. The third-order valence-corrected chi connectivity index (χ3v) is 3.75. The van der Waals surface area contributed by atoms with Crippen molar-refractivity contribution >= 4 is 22.7 Å². The van der Waals surface area contributed by atoms with Crippen LogP contribution in [0, 0.1) is 12.8 Å². The third kappa shape index (κ3) is 2.45. The van der Waals surface area contributed by atoms with Crippen molar-refractivity contribution in [3.63, 3.8) is 0 Å². The van der Waals surface area contributed by atoms with Crippen LogP contribution in [-0.2, 0) is 6.54 Å². The van der Waals surface area contributed by atoms with Crippen molar-refractivity contribution in [3.05, 3.63) is 17.5 Å². The quantitative estimate of drug-likeness (QED) is 0.874. The van der Waals surface area contributed by atoms with Crippen LogP contribution >= 0.6 is 0 Å². The summed E-state index contributed by atoms with van der Waals surface area (Å²) in [5, 5.41) is 14.1. The highest BCUT2D eigenvalue weighted by molar-refractivity contribution is 6.03. The number of aryl methyl sites for hydroxylation is 2. The molecule has 0 amide bonds. The summed E-state index contributed by atoms with van der Waals surface area (Å²) in [7, 11) is 0. The average molecular weight is 276 g/mol. The van der Waals surface area contributed by atoms with Gasteiger partial charge in [0.05, 0.1) is 23.0 Å². The predicted octanol–water partition coefficient (Wildman–Crippen LogP) is 2.46. The van der Waals surface area contributed by atoms with E-state index in [9.17, 15) is 9.90 Å². The summed E-state index contributed by atoms with van der Waals surface area (Å²) >= 11 is 0. The summed E-state index contributed by atoms with van der Waals surface area (Å²) in [6.45, 7) is 6.77. The van der Waals surface area contributed by atoms with Crippen molar-refractivity contribution < 1.29 is 9.90 Å². The van der Waals surface area contributed by atoms with Gasteiger partial charge in [0.25, 0.3) is 0 Å². The molecule has 0 saturated carbocycles. The molecular formula is C14H20N4O2. The zero-order valence-corrected chi connectivity index (χ0v) is 12.1. The monoisotopic (exact) mass is 276 g/mol. The molecule has 0 bridgehead atoms. The second-order valence-electron chi connectivity index (χ2n) is 5.20. The minimum absolute atomic E-state index is 0.0685. The maximum atomic E-state index is 11.2. The first-order valence-corrected chi connectivity index (χ1v) is 6.80. The first kappa shape index (κ1) is 14.3. The number of hydrogen-bond acceptors (Lipinski definition) is 4. The number of nitrogens with two attached hydrogens (primary N) is 1. The molecule has 0 radical (unpaired) electrons. The van der Waals surface area contributed by atoms with Gasteiger partial charge >= 0.3 is 5.97 Å². The van der Waals surface area contributed by atoms with Gasteiger partial charge in [0.15, 0.2) is 5.65 Å². The number of hydrogen-bond donors (Lipinski definition) is 2. The van der Waals surface area contributed by atoms with Gasteiger partial charge in [0.2, 0.25) is 0 Å². The molecule has 2 aromatic heterocycles. The number of rotatable bonds is 5. The molecule has 1 unspecified atom stereocenters. The van der Waals surface area contributed by atoms with Crippen molar-refractivity contribution in [3.8, 4) is 0 Å². The molecule has 20 heavy (non-hydrogen) atoms. The van der Waals surface area contributed by atoms with E-state index in [1.54, 1.807) is 17.8 Å². The van der Waals surface area contributed by atoms with Crippen molar-refractivity contribution in [2.45, 2.75) is 40.2 Å². The molecule has 0 aromatic carbocycles. The normalized spacial score (nSPS) is 12.8. The van der Waals surface area contributed by atoms with Crippen LogP contribution < -0.4 is 5.73 Å². The number of carboxylic acid groups (broad SMARTS) is 1. The Morgan fingerprint density at radius 2 is 2.25 bits per heavy atom. The van der Waals surface area contributed by atoms with Gasteiger partial charge in [0, 0.05) is 6.54 Å². The Bertz CT molecular complexity index is 648. The van der Waals surface area contributed by atoms with Gasteiger partial charge in [-0.2, -0.15) is 5.10 Å². The average Bonchev–Trinajstić information content (AvgIpc) is 2.78. The van der Waals surface area contributed by atoms with Crippen LogP contribution in [0.25, 0.3) is 11.0 Å². The topological polar surface area (TPSA) is 94.0 Å². The minimum Gasteiger partial charge on any atom is -0.478 e. The summed E-state index contributed by atoms with van der Waals surface area (Å²) in [5.41, 5.74) is 7.34. The first-order valence-electron chi connectivity index (χ1n) is 6.80. The van der Waals surface area contributed by atoms with E-state index in [0.717, 1.165) is 19.4 Å². The summed E-state index contributed by atoms with van der Waals surface area (Å²) < 4.78 is 1.80. The van der Waals surface area contributed by atoms with Gasteiger partial charge < -0.3 is 10.8 Å². The van der Waals surface area contributed by atoms with Crippen LogP contribution in [0.5, 0.6) is 0 Å². The highest BCUT2D eigenvalue weighted by atomic mass is 16.4. The summed E-state index contributed by atoms with van der Waals surface area (Å²) in [4.78, 5) is 15.6. The fourth-order valence-corrected chi connectivity index (χ4v) is 2.21. The number of nitrogen functional groups attached to an aromatic ring is 1. The zero-order valence-electron chi connectivity index (χ0n) is 12.1. The molecule has 1 atom stereocenters. The number of carboxylic acids is 1. The third-order valence-electron chi connectivity index (χ3n) is 3.75. The zero-order chi connectivity index (χ0) is 14.9. The highest BCUT2D eigenvalue weighted by Crippen LogP contribution is 2.26. The lowest BCUT2D eigenvalue weighted by molar-refractivity contribution is 0.0697.